The number of benzene rings is 3. The summed E-state index contributed by atoms with van der Waals surface area (Å²) in [5.41, 5.74) is -0.428. The lowest BCUT2D eigenvalue weighted by atomic mass is 10.1. The molecule has 0 fully saturated rings. The molecule has 0 aromatic heterocycles. The van der Waals surface area contributed by atoms with Crippen molar-refractivity contribution >= 4 is 79.7 Å². The van der Waals surface area contributed by atoms with Crippen molar-refractivity contribution in [3.8, 4) is 0 Å². The Bertz CT molecular complexity index is 1280. The Hall–Kier alpha value is -4.05. The van der Waals surface area contributed by atoms with E-state index in [2.05, 4.69) is 10.6 Å². The molecule has 0 aliphatic rings. The van der Waals surface area contributed by atoms with Gasteiger partial charge in [0, 0.05) is 39.2 Å². The lowest BCUT2D eigenvalue weighted by Crippen LogP contribution is -2.15. The van der Waals surface area contributed by atoms with Crippen LogP contribution in [0.4, 0.5) is 11.4 Å². The number of carbonyl (C=O) groups is 6. The fraction of sp³-hybridized carbons (Fsp3) is 0. The molecule has 0 aliphatic heterocycles. The van der Waals surface area contributed by atoms with Crippen molar-refractivity contribution in [3.05, 3.63) is 94.0 Å². The Morgan fingerprint density at radius 1 is 0.528 bits per heavy atom. The molecule has 3 N–H and O–H groups in total. The van der Waals surface area contributed by atoms with Crippen LogP contribution in [0.3, 0.4) is 0 Å². The molecule has 182 valence electrons. The first-order valence-corrected chi connectivity index (χ1v) is 10.9. The zero-order valence-corrected chi connectivity index (χ0v) is 20.1. The molecule has 3 aromatic rings. The lowest BCUT2D eigenvalue weighted by Gasteiger charge is -2.11. The highest BCUT2D eigenvalue weighted by molar-refractivity contribution is 6.69. The first-order chi connectivity index (χ1) is 16.9. The summed E-state index contributed by atoms with van der Waals surface area (Å²) in [7, 11) is 0. The smallest absolute Gasteiger partial charge is 0.335 e. The van der Waals surface area contributed by atoms with E-state index in [1.165, 1.54) is 36.4 Å². The maximum atomic E-state index is 12.7. The number of halogens is 3. The molecule has 0 saturated heterocycles. The summed E-state index contributed by atoms with van der Waals surface area (Å²) in [6, 6.07) is 12.7. The van der Waals surface area contributed by atoms with Crippen LogP contribution in [-0.4, -0.2) is 38.6 Å². The summed E-state index contributed by atoms with van der Waals surface area (Å²) >= 11 is 16.4. The van der Waals surface area contributed by atoms with E-state index in [4.69, 9.17) is 34.8 Å². The number of rotatable bonds is 8. The number of hydrogen-bond acceptors (Lipinski definition) is 6. The van der Waals surface area contributed by atoms with E-state index in [9.17, 15) is 33.9 Å². The number of anilines is 2. The third-order valence-corrected chi connectivity index (χ3v) is 5.35. The lowest BCUT2D eigenvalue weighted by molar-refractivity contribution is 0.0696. The molecule has 0 spiro atoms. The Kier molecular flexibility index (Phi) is 8.21. The molecule has 0 saturated carbocycles. The highest BCUT2D eigenvalue weighted by atomic mass is 35.5. The summed E-state index contributed by atoms with van der Waals surface area (Å²) in [4.78, 5) is 71.2. The van der Waals surface area contributed by atoms with Gasteiger partial charge in [0.1, 0.15) is 0 Å². The Morgan fingerprint density at radius 2 is 0.861 bits per heavy atom. The van der Waals surface area contributed by atoms with E-state index in [1.54, 1.807) is 0 Å². The molecule has 36 heavy (non-hydrogen) atoms. The minimum atomic E-state index is -1.35. The molecule has 0 bridgehead atoms. The van der Waals surface area contributed by atoms with Gasteiger partial charge in [0.15, 0.2) is 0 Å². The second-order valence-corrected chi connectivity index (χ2v) is 8.24. The van der Waals surface area contributed by atoms with E-state index in [-0.39, 0.29) is 44.8 Å². The van der Waals surface area contributed by atoms with Crippen molar-refractivity contribution in [1.29, 1.82) is 0 Å². The van der Waals surface area contributed by atoms with Crippen molar-refractivity contribution in [2.45, 2.75) is 0 Å². The van der Waals surface area contributed by atoms with Gasteiger partial charge in [0.05, 0.1) is 5.56 Å². The molecule has 3 rings (SSSR count). The molecular formula is C24H13Cl3N2O7. The standard InChI is InChI=1S/C24H13Cl3N2O7/c25-19(30)11-4-12(20(26)31)6-14(5-11)22(33)28-17-2-1-3-18(10-17)29-23(34)15-7-13(21(27)32)8-16(9-15)24(35)36/h1-10H,(H,28,33)(H,29,34)(H,35,36). The highest BCUT2D eigenvalue weighted by Gasteiger charge is 2.17. The summed E-state index contributed by atoms with van der Waals surface area (Å²) in [5.74, 6) is -2.79. The van der Waals surface area contributed by atoms with Crippen LogP contribution < -0.4 is 10.6 Å². The minimum absolute atomic E-state index is 0.0660. The largest absolute Gasteiger partial charge is 0.478 e. The van der Waals surface area contributed by atoms with Crippen LogP contribution >= 0.6 is 34.8 Å². The van der Waals surface area contributed by atoms with Crippen molar-refractivity contribution in [2.24, 2.45) is 0 Å². The molecule has 0 aliphatic carbocycles. The van der Waals surface area contributed by atoms with E-state index in [0.29, 0.717) is 0 Å². The normalized spacial score (nSPS) is 10.3. The molecule has 3 aromatic carbocycles. The van der Waals surface area contributed by atoms with Gasteiger partial charge in [-0.2, -0.15) is 0 Å². The fourth-order valence-electron chi connectivity index (χ4n) is 3.06. The number of hydrogen-bond donors (Lipinski definition) is 3. The van der Waals surface area contributed by atoms with Crippen LogP contribution in [0.1, 0.15) is 62.1 Å². The minimum Gasteiger partial charge on any atom is -0.478 e. The zero-order valence-electron chi connectivity index (χ0n) is 17.8. The highest BCUT2D eigenvalue weighted by Crippen LogP contribution is 2.20. The third kappa shape index (κ3) is 6.54. The number of carboxylic acids is 1. The number of carboxylic acid groups (broad SMARTS) is 1. The van der Waals surface area contributed by atoms with E-state index in [1.807, 2.05) is 0 Å². The zero-order chi connectivity index (χ0) is 26.6. The Morgan fingerprint density at radius 3 is 1.22 bits per heavy atom. The monoisotopic (exact) mass is 546 g/mol. The van der Waals surface area contributed by atoms with Gasteiger partial charge in [-0.15, -0.1) is 0 Å². The maximum Gasteiger partial charge on any atom is 0.335 e. The van der Waals surface area contributed by atoms with Gasteiger partial charge in [0.25, 0.3) is 27.5 Å². The van der Waals surface area contributed by atoms with Gasteiger partial charge in [-0.05, 0) is 89.4 Å². The van der Waals surface area contributed by atoms with Gasteiger partial charge in [0.2, 0.25) is 0 Å². The third-order valence-electron chi connectivity index (χ3n) is 4.70. The number of aromatic carboxylic acids is 1. The van der Waals surface area contributed by atoms with Crippen LogP contribution in [0.15, 0.2) is 60.7 Å². The van der Waals surface area contributed by atoms with Crippen LogP contribution in [-0.2, 0) is 0 Å². The summed E-state index contributed by atoms with van der Waals surface area (Å²) in [5, 5.41) is 11.6. The van der Waals surface area contributed by atoms with Crippen LogP contribution in [0.25, 0.3) is 0 Å². The molecular weight excluding hydrogens is 535 g/mol. The number of amides is 2. The molecule has 0 atom stereocenters. The Balaban J connectivity index is 1.83. The van der Waals surface area contributed by atoms with Crippen molar-refractivity contribution < 1.29 is 33.9 Å². The fourth-order valence-corrected chi connectivity index (χ4v) is 3.39. The van der Waals surface area contributed by atoms with Gasteiger partial charge < -0.3 is 15.7 Å². The predicted octanol–water partition coefficient (Wildman–Crippen LogP) is 5.03. The summed E-state index contributed by atoms with van der Waals surface area (Å²) in [6.45, 7) is 0. The SMILES string of the molecule is O=C(O)c1cc(C(=O)Cl)cc(C(=O)Nc2cccc(NC(=O)c3cc(C(=O)Cl)cc(C(=O)Cl)c3)c2)c1. The number of nitrogens with one attached hydrogen (secondary N) is 2. The number of carbonyl (C=O) groups excluding carboxylic acids is 5. The first kappa shape index (κ1) is 26.6. The summed E-state index contributed by atoms with van der Waals surface area (Å²) in [6.07, 6.45) is 0. The van der Waals surface area contributed by atoms with E-state index in [0.717, 1.165) is 24.3 Å². The van der Waals surface area contributed by atoms with Gasteiger partial charge in [-0.25, -0.2) is 4.79 Å². The second kappa shape index (κ2) is 11.1. The van der Waals surface area contributed by atoms with Crippen LogP contribution in [0.5, 0.6) is 0 Å². The second-order valence-electron chi connectivity index (χ2n) is 7.21. The van der Waals surface area contributed by atoms with Crippen molar-refractivity contribution in [3.63, 3.8) is 0 Å². The molecule has 0 radical (unpaired) electrons. The molecule has 0 heterocycles. The molecule has 0 unspecified atom stereocenters. The van der Waals surface area contributed by atoms with Gasteiger partial charge in [-0.3, -0.25) is 24.0 Å². The molecule has 9 nitrogen and oxygen atoms in total. The van der Waals surface area contributed by atoms with Crippen molar-refractivity contribution in [1.82, 2.24) is 0 Å². The van der Waals surface area contributed by atoms with Crippen molar-refractivity contribution in [2.75, 3.05) is 10.6 Å². The average molecular weight is 548 g/mol. The topological polar surface area (TPSA) is 147 Å². The molecule has 12 heteroatoms. The van der Waals surface area contributed by atoms with Crippen LogP contribution in [0.2, 0.25) is 0 Å². The first-order valence-electron chi connectivity index (χ1n) is 9.80. The molecule has 2 amide bonds. The van der Waals surface area contributed by atoms with Gasteiger partial charge in [-0.1, -0.05) is 6.07 Å². The summed E-state index contributed by atoms with van der Waals surface area (Å²) < 4.78 is 0. The predicted molar refractivity (Wildman–Crippen MR) is 133 cm³/mol. The quantitative estimate of drug-likeness (QED) is 0.335. The Labute approximate surface area is 218 Å². The maximum absolute atomic E-state index is 12.7. The van der Waals surface area contributed by atoms with Gasteiger partial charge >= 0.3 is 5.97 Å². The van der Waals surface area contributed by atoms with E-state index >= 15 is 0 Å². The van der Waals surface area contributed by atoms with Crippen LogP contribution in [0, 0.1) is 0 Å². The van der Waals surface area contributed by atoms with E-state index < -0.39 is 33.5 Å². The average Bonchev–Trinajstić information content (AvgIpc) is 2.83.